The van der Waals surface area contributed by atoms with Crippen molar-refractivity contribution in [1.82, 2.24) is 25.8 Å². The molecule has 1 aromatic rings. The van der Waals surface area contributed by atoms with Gasteiger partial charge >= 0.3 is 12.1 Å². The number of hydrogen-bond donors (Lipinski definition) is 3. The molecule has 0 aliphatic carbocycles. The highest BCUT2D eigenvalue weighted by Gasteiger charge is 2.52. The van der Waals surface area contributed by atoms with Gasteiger partial charge in [-0.05, 0) is 18.1 Å². The normalized spacial score (nSPS) is 23.2. The van der Waals surface area contributed by atoms with Gasteiger partial charge in [0.1, 0.15) is 17.5 Å². The number of carboxylic acid groups (broad SMARTS) is 1. The number of nitrogens with one attached hydrogen (secondary N) is 3. The molecule has 6 amide bonds. The van der Waals surface area contributed by atoms with Crippen LogP contribution in [0.25, 0.3) is 0 Å². The number of nitrogens with zero attached hydrogens (tertiary/aromatic N) is 2. The Labute approximate surface area is 187 Å². The molecule has 0 unspecified atom stereocenters. The van der Waals surface area contributed by atoms with Gasteiger partial charge in [0.15, 0.2) is 0 Å². The van der Waals surface area contributed by atoms with Gasteiger partial charge in [0, 0.05) is 18.8 Å². The van der Waals surface area contributed by atoms with Gasteiger partial charge in [0.05, 0.1) is 11.7 Å². The zero-order valence-electron chi connectivity index (χ0n) is 17.0. The largest absolute Gasteiger partial charge is 0.543 e. The second-order valence-electron chi connectivity index (χ2n) is 7.49. The molecule has 2 saturated heterocycles. The van der Waals surface area contributed by atoms with Crippen LogP contribution in [0.5, 0.6) is 0 Å². The zero-order valence-corrected chi connectivity index (χ0v) is 17.8. The molecule has 3 N–H and O–H groups in total. The molecule has 0 saturated carbocycles. The number of rotatable bonds is 5. The predicted molar refractivity (Wildman–Crippen MR) is 111 cm³/mol. The third-order valence-corrected chi connectivity index (χ3v) is 6.84. The van der Waals surface area contributed by atoms with Gasteiger partial charge < -0.3 is 25.9 Å². The summed E-state index contributed by atoms with van der Waals surface area (Å²) in [5, 5.41) is 18.6. The van der Waals surface area contributed by atoms with E-state index in [1.54, 1.807) is 37.3 Å². The first-order chi connectivity index (χ1) is 15.3. The van der Waals surface area contributed by atoms with Gasteiger partial charge in [-0.3, -0.25) is 14.5 Å². The van der Waals surface area contributed by atoms with Crippen LogP contribution in [0.3, 0.4) is 0 Å². The summed E-state index contributed by atoms with van der Waals surface area (Å²) >= 11 is 1.33. The van der Waals surface area contributed by atoms with Gasteiger partial charge in [-0.25, -0.2) is 14.5 Å². The summed E-state index contributed by atoms with van der Waals surface area (Å²) in [5.41, 5.74) is 0.809. The first-order valence-corrected chi connectivity index (χ1v) is 10.9. The molecule has 168 valence electrons. The average molecular weight is 458 g/mol. The topological polar surface area (TPSA) is 151 Å². The van der Waals surface area contributed by atoms with Crippen molar-refractivity contribution < 1.29 is 29.1 Å². The minimum atomic E-state index is -1.44. The molecular formula is C20H20N5O6S-. The number of urea groups is 2. The number of carbonyl (C=O) groups is 5. The molecule has 1 aromatic carbocycles. The third kappa shape index (κ3) is 3.77. The fourth-order valence-corrected chi connectivity index (χ4v) is 5.10. The van der Waals surface area contributed by atoms with Crippen molar-refractivity contribution in [1.29, 1.82) is 0 Å². The second kappa shape index (κ2) is 8.54. The van der Waals surface area contributed by atoms with Crippen LogP contribution >= 0.6 is 11.8 Å². The number of carbonyl (C=O) groups excluding carboxylic acids is 5. The molecular weight excluding hydrogens is 438 g/mol. The Kier molecular flexibility index (Phi) is 5.78. The Hall–Kier alpha value is -3.54. The first kappa shape index (κ1) is 21.7. The van der Waals surface area contributed by atoms with Crippen LogP contribution in [0.15, 0.2) is 41.6 Å². The Morgan fingerprint density at radius 2 is 1.94 bits per heavy atom. The maximum atomic E-state index is 13.1. The smallest absolute Gasteiger partial charge is 0.326 e. The molecule has 3 heterocycles. The van der Waals surface area contributed by atoms with Crippen LogP contribution in [-0.4, -0.2) is 69.9 Å². The minimum absolute atomic E-state index is 0.167. The van der Waals surface area contributed by atoms with E-state index in [1.165, 1.54) is 11.8 Å². The van der Waals surface area contributed by atoms with E-state index in [1.807, 2.05) is 0 Å². The standard InChI is InChI=1S/C20H21N5O6S/c1-10-9-32-17-13(16(27)25(17)14(10)18(28)29)22-15(26)12(11-5-3-2-4-6-11)23-20(31)24-8-7-21-19(24)30/h2-6,12-13,17H,7-9H2,1H3,(H,21,30)(H,22,26)(H,23,31)(H,28,29)/p-1/t12-,13+,17+/m1/s1. The summed E-state index contributed by atoms with van der Waals surface area (Å²) in [6, 6.07) is 4.99. The van der Waals surface area contributed by atoms with Gasteiger partial charge in [0.25, 0.3) is 5.91 Å². The fourth-order valence-electron chi connectivity index (χ4n) is 3.81. The Bertz CT molecular complexity index is 1030. The van der Waals surface area contributed by atoms with E-state index in [0.29, 0.717) is 23.4 Å². The zero-order chi connectivity index (χ0) is 23.0. The Balaban J connectivity index is 1.51. The minimum Gasteiger partial charge on any atom is -0.543 e. The lowest BCUT2D eigenvalue weighted by atomic mass is 10.0. The number of fused-ring (bicyclic) bond motifs is 1. The molecule has 3 aliphatic heterocycles. The van der Waals surface area contributed by atoms with E-state index < -0.39 is 47.3 Å². The van der Waals surface area contributed by atoms with Crippen molar-refractivity contribution >= 4 is 41.6 Å². The summed E-state index contributed by atoms with van der Waals surface area (Å²) in [6.07, 6.45) is 0. The molecule has 0 radical (unpaired) electrons. The molecule has 11 nitrogen and oxygen atoms in total. The number of imide groups is 1. The van der Waals surface area contributed by atoms with Crippen LogP contribution in [-0.2, 0) is 14.4 Å². The second-order valence-corrected chi connectivity index (χ2v) is 8.59. The van der Waals surface area contributed by atoms with Gasteiger partial charge in [-0.2, -0.15) is 0 Å². The van der Waals surface area contributed by atoms with Gasteiger partial charge in [0.2, 0.25) is 5.91 Å². The van der Waals surface area contributed by atoms with Gasteiger partial charge in [-0.15, -0.1) is 11.8 Å². The number of hydrogen-bond acceptors (Lipinski definition) is 7. The van der Waals surface area contributed by atoms with Crippen molar-refractivity contribution in [2.45, 2.75) is 24.4 Å². The Morgan fingerprint density at radius 1 is 1.22 bits per heavy atom. The van der Waals surface area contributed by atoms with Crippen molar-refractivity contribution in [3.63, 3.8) is 0 Å². The third-order valence-electron chi connectivity index (χ3n) is 5.41. The van der Waals surface area contributed by atoms with Crippen LogP contribution < -0.4 is 21.1 Å². The average Bonchev–Trinajstić information content (AvgIpc) is 3.21. The SMILES string of the molecule is CC1=C(C(=O)[O-])N2C(=O)[C@H](NC(=O)[C@H](NC(=O)N3CCNC3=O)c3ccccc3)[C@@H]2SC1. The molecule has 3 atom stereocenters. The van der Waals surface area contributed by atoms with Crippen LogP contribution in [0.4, 0.5) is 9.59 Å². The van der Waals surface area contributed by atoms with Crippen molar-refractivity contribution in [2.75, 3.05) is 18.8 Å². The summed E-state index contributed by atoms with van der Waals surface area (Å²) in [4.78, 5) is 63.7. The summed E-state index contributed by atoms with van der Waals surface area (Å²) in [5.74, 6) is -2.27. The highest BCUT2D eigenvalue weighted by molar-refractivity contribution is 8.00. The number of carboxylic acids is 1. The number of β-lactam (4-membered cyclic amide) rings is 1. The highest BCUT2D eigenvalue weighted by atomic mass is 32.2. The lowest BCUT2D eigenvalue weighted by molar-refractivity contribution is -0.301. The number of aliphatic carboxylic acids is 1. The van der Waals surface area contributed by atoms with E-state index in [4.69, 9.17) is 0 Å². The van der Waals surface area contributed by atoms with Crippen LogP contribution in [0.1, 0.15) is 18.5 Å². The fraction of sp³-hybridized carbons (Fsp3) is 0.350. The van der Waals surface area contributed by atoms with Crippen molar-refractivity contribution in [3.05, 3.63) is 47.2 Å². The first-order valence-electron chi connectivity index (χ1n) is 9.86. The lowest BCUT2D eigenvalue weighted by Crippen LogP contribution is -2.71. The van der Waals surface area contributed by atoms with Crippen molar-refractivity contribution in [3.8, 4) is 0 Å². The molecule has 0 aromatic heterocycles. The van der Waals surface area contributed by atoms with Crippen LogP contribution in [0, 0.1) is 0 Å². The van der Waals surface area contributed by atoms with E-state index in [9.17, 15) is 29.1 Å². The number of amides is 6. The van der Waals surface area contributed by atoms with Gasteiger partial charge in [-0.1, -0.05) is 30.3 Å². The summed E-state index contributed by atoms with van der Waals surface area (Å²) in [7, 11) is 0. The molecule has 3 aliphatic rings. The molecule has 0 spiro atoms. The highest BCUT2D eigenvalue weighted by Crippen LogP contribution is 2.40. The monoisotopic (exact) mass is 458 g/mol. The van der Waals surface area contributed by atoms with E-state index >= 15 is 0 Å². The molecule has 32 heavy (non-hydrogen) atoms. The van der Waals surface area contributed by atoms with E-state index in [0.717, 1.165) is 9.80 Å². The summed E-state index contributed by atoms with van der Waals surface area (Å²) in [6.45, 7) is 2.09. The Morgan fingerprint density at radius 3 is 2.56 bits per heavy atom. The molecule has 4 rings (SSSR count). The number of thioether (sulfide) groups is 1. The van der Waals surface area contributed by atoms with Crippen molar-refractivity contribution in [2.24, 2.45) is 0 Å². The molecule has 2 fully saturated rings. The summed E-state index contributed by atoms with van der Waals surface area (Å²) < 4.78 is 0. The predicted octanol–water partition coefficient (Wildman–Crippen LogP) is -1.11. The van der Waals surface area contributed by atoms with E-state index in [2.05, 4.69) is 16.0 Å². The molecule has 0 bridgehead atoms. The number of benzene rings is 1. The quantitative estimate of drug-likeness (QED) is 0.473. The maximum absolute atomic E-state index is 13.1. The lowest BCUT2D eigenvalue weighted by Gasteiger charge is -2.50. The maximum Gasteiger partial charge on any atom is 0.326 e. The van der Waals surface area contributed by atoms with Crippen LogP contribution in [0.2, 0.25) is 0 Å². The molecule has 12 heteroatoms. The van der Waals surface area contributed by atoms with E-state index in [-0.39, 0.29) is 12.2 Å².